The molecule has 0 spiro atoms. The number of Topliss-reactive ketones (excluding diaryl/α,β-unsaturated/α-hetero) is 1. The highest BCUT2D eigenvalue weighted by molar-refractivity contribution is 6.31. The van der Waals surface area contributed by atoms with Crippen LogP contribution in [-0.4, -0.2) is 11.8 Å². The predicted octanol–water partition coefficient (Wildman–Crippen LogP) is 3.31. The Balaban J connectivity index is 2.29. The molecule has 1 aromatic carbocycles. The maximum atomic E-state index is 12.5. The van der Waals surface area contributed by atoms with Crippen molar-refractivity contribution in [3.8, 4) is 0 Å². The topological polar surface area (TPSA) is 43.4 Å². The highest BCUT2D eigenvalue weighted by atomic mass is 35.5. The lowest BCUT2D eigenvalue weighted by Crippen LogP contribution is -2.24. The molecule has 0 radical (unpaired) electrons. The second kappa shape index (κ2) is 4.85. The van der Waals surface area contributed by atoms with Crippen LogP contribution in [-0.2, 0) is 20.5 Å². The molecule has 1 aliphatic heterocycles. The average Bonchev–Trinajstić information content (AvgIpc) is 2.25. The summed E-state index contributed by atoms with van der Waals surface area (Å²) in [5.74, 6) is -0.991. The van der Waals surface area contributed by atoms with Crippen molar-refractivity contribution in [3.63, 3.8) is 0 Å². The Morgan fingerprint density at radius 3 is 2.47 bits per heavy atom. The van der Waals surface area contributed by atoms with Crippen LogP contribution in [0, 0.1) is 0 Å². The number of esters is 1. The Kier molecular flexibility index (Phi) is 3.54. The number of carbonyl (C=O) groups is 2. The second-order valence-electron chi connectivity index (χ2n) is 4.14. The van der Waals surface area contributed by atoms with E-state index in [2.05, 4.69) is 0 Å². The van der Waals surface area contributed by atoms with E-state index >= 15 is 0 Å². The average molecular weight is 293 g/mol. The molecule has 1 heterocycles. The minimum Gasteiger partial charge on any atom is -0.457 e. The van der Waals surface area contributed by atoms with Crippen LogP contribution in [0.5, 0.6) is 0 Å². The maximum absolute atomic E-state index is 12.5. The van der Waals surface area contributed by atoms with Crippen LogP contribution in [0.3, 0.4) is 0 Å². The monoisotopic (exact) mass is 292 g/mol. The Hall–Kier alpha value is -1.56. The zero-order valence-electron chi connectivity index (χ0n) is 9.46. The Morgan fingerprint density at radius 1 is 1.26 bits per heavy atom. The van der Waals surface area contributed by atoms with Crippen LogP contribution in [0.4, 0.5) is 13.2 Å². The zero-order chi connectivity index (χ0) is 14.2. The molecule has 0 amide bonds. The normalized spacial score (nSPS) is 20.3. The predicted molar refractivity (Wildman–Crippen MR) is 59.5 cm³/mol. The molecule has 1 saturated heterocycles. The SMILES string of the molecule is O=C1CC(=O)OC(c2ccc(C(F)(F)F)c(Cl)c2)C1. The summed E-state index contributed by atoms with van der Waals surface area (Å²) in [6.45, 7) is 0. The highest BCUT2D eigenvalue weighted by Gasteiger charge is 2.34. The molecule has 7 heteroatoms. The number of carbonyl (C=O) groups excluding carboxylic acids is 2. The van der Waals surface area contributed by atoms with E-state index in [9.17, 15) is 22.8 Å². The smallest absolute Gasteiger partial charge is 0.417 e. The second-order valence-corrected chi connectivity index (χ2v) is 4.54. The van der Waals surface area contributed by atoms with Gasteiger partial charge in [0.2, 0.25) is 0 Å². The van der Waals surface area contributed by atoms with Gasteiger partial charge in [0.15, 0.2) is 0 Å². The minimum atomic E-state index is -4.55. The van der Waals surface area contributed by atoms with Crippen molar-refractivity contribution < 1.29 is 27.5 Å². The first kappa shape index (κ1) is 13.9. The van der Waals surface area contributed by atoms with Crippen LogP contribution in [0.2, 0.25) is 5.02 Å². The summed E-state index contributed by atoms with van der Waals surface area (Å²) in [7, 11) is 0. The van der Waals surface area contributed by atoms with Gasteiger partial charge in [-0.2, -0.15) is 13.2 Å². The quantitative estimate of drug-likeness (QED) is 0.589. The molecular formula is C12H8ClF3O3. The minimum absolute atomic E-state index is 0.0482. The number of rotatable bonds is 1. The number of hydrogen-bond donors (Lipinski definition) is 0. The van der Waals surface area contributed by atoms with Crippen LogP contribution >= 0.6 is 11.6 Å². The third-order valence-corrected chi connectivity index (χ3v) is 3.01. The van der Waals surface area contributed by atoms with Crippen molar-refractivity contribution in [3.05, 3.63) is 34.3 Å². The molecule has 3 nitrogen and oxygen atoms in total. The largest absolute Gasteiger partial charge is 0.457 e. The highest BCUT2D eigenvalue weighted by Crippen LogP contribution is 2.37. The maximum Gasteiger partial charge on any atom is 0.417 e. The van der Waals surface area contributed by atoms with Gasteiger partial charge < -0.3 is 4.74 Å². The van der Waals surface area contributed by atoms with Crippen LogP contribution in [0.15, 0.2) is 18.2 Å². The third kappa shape index (κ3) is 3.07. The zero-order valence-corrected chi connectivity index (χ0v) is 10.2. The number of halogens is 4. The van der Waals surface area contributed by atoms with E-state index in [1.807, 2.05) is 0 Å². The summed E-state index contributed by atoms with van der Waals surface area (Å²) < 4.78 is 42.5. The molecule has 102 valence electrons. The van der Waals surface area contributed by atoms with E-state index < -0.39 is 28.8 Å². The summed E-state index contributed by atoms with van der Waals surface area (Å²) in [6, 6.07) is 3.04. The van der Waals surface area contributed by atoms with Crippen molar-refractivity contribution in [1.82, 2.24) is 0 Å². The van der Waals surface area contributed by atoms with Crippen molar-refractivity contribution in [1.29, 1.82) is 0 Å². The summed E-state index contributed by atoms with van der Waals surface area (Å²) >= 11 is 5.56. The molecule has 1 atom stereocenters. The van der Waals surface area contributed by atoms with Crippen LogP contribution < -0.4 is 0 Å². The van der Waals surface area contributed by atoms with Crippen molar-refractivity contribution in [2.24, 2.45) is 0 Å². The van der Waals surface area contributed by atoms with Gasteiger partial charge in [-0.15, -0.1) is 0 Å². The molecule has 0 N–H and O–H groups in total. The molecule has 1 aromatic rings. The molecular weight excluding hydrogens is 285 g/mol. The molecule has 0 aliphatic carbocycles. The molecule has 19 heavy (non-hydrogen) atoms. The lowest BCUT2D eigenvalue weighted by molar-refractivity contribution is -0.158. The molecule has 2 rings (SSSR count). The van der Waals surface area contributed by atoms with Gasteiger partial charge in [-0.3, -0.25) is 9.59 Å². The van der Waals surface area contributed by atoms with E-state index in [1.165, 1.54) is 0 Å². The van der Waals surface area contributed by atoms with E-state index in [0.717, 1.165) is 18.2 Å². The number of alkyl halides is 3. The van der Waals surface area contributed by atoms with Crippen molar-refractivity contribution >= 4 is 23.4 Å². The van der Waals surface area contributed by atoms with Gasteiger partial charge in [0.25, 0.3) is 0 Å². The number of hydrogen-bond acceptors (Lipinski definition) is 3. The van der Waals surface area contributed by atoms with E-state index in [1.54, 1.807) is 0 Å². The van der Waals surface area contributed by atoms with Crippen LogP contribution in [0.1, 0.15) is 30.1 Å². The van der Waals surface area contributed by atoms with E-state index in [-0.39, 0.29) is 24.2 Å². The fraction of sp³-hybridized carbons (Fsp3) is 0.333. The summed E-state index contributed by atoms with van der Waals surface area (Å²) in [4.78, 5) is 22.4. The molecule has 1 fully saturated rings. The van der Waals surface area contributed by atoms with E-state index in [0.29, 0.717) is 0 Å². The van der Waals surface area contributed by atoms with Crippen LogP contribution in [0.25, 0.3) is 0 Å². The fourth-order valence-electron chi connectivity index (χ4n) is 1.83. The Labute approximate surface area is 111 Å². The van der Waals surface area contributed by atoms with Gasteiger partial charge in [-0.1, -0.05) is 17.7 Å². The number of ketones is 1. The first-order chi connectivity index (χ1) is 8.77. The third-order valence-electron chi connectivity index (χ3n) is 2.70. The van der Waals surface area contributed by atoms with E-state index in [4.69, 9.17) is 16.3 Å². The summed E-state index contributed by atoms with van der Waals surface area (Å²) in [6.07, 6.45) is -5.76. The lowest BCUT2D eigenvalue weighted by Gasteiger charge is -2.22. The molecule has 1 unspecified atom stereocenters. The van der Waals surface area contributed by atoms with Gasteiger partial charge in [0.05, 0.1) is 10.6 Å². The molecule has 0 bridgehead atoms. The van der Waals surface area contributed by atoms with Gasteiger partial charge >= 0.3 is 12.1 Å². The fourth-order valence-corrected chi connectivity index (χ4v) is 2.13. The first-order valence-corrected chi connectivity index (χ1v) is 5.73. The molecule has 0 saturated carbocycles. The van der Waals surface area contributed by atoms with Gasteiger partial charge in [0, 0.05) is 6.42 Å². The number of ether oxygens (including phenoxy) is 1. The van der Waals surface area contributed by atoms with Gasteiger partial charge in [-0.25, -0.2) is 0 Å². The summed E-state index contributed by atoms with van der Waals surface area (Å²) in [5.41, 5.74) is -0.689. The Morgan fingerprint density at radius 2 is 1.95 bits per heavy atom. The number of cyclic esters (lactones) is 1. The van der Waals surface area contributed by atoms with Crippen molar-refractivity contribution in [2.75, 3.05) is 0 Å². The first-order valence-electron chi connectivity index (χ1n) is 5.35. The lowest BCUT2D eigenvalue weighted by atomic mass is 9.99. The molecule has 0 aromatic heterocycles. The number of benzene rings is 1. The standard InChI is InChI=1S/C12H8ClF3O3/c13-9-3-6(1-2-8(9)12(14,15)16)10-4-7(17)5-11(18)19-10/h1-3,10H,4-5H2. The molecule has 1 aliphatic rings. The summed E-state index contributed by atoms with van der Waals surface area (Å²) in [5, 5.41) is -0.487. The Bertz CT molecular complexity index is 524. The van der Waals surface area contributed by atoms with Gasteiger partial charge in [-0.05, 0) is 17.7 Å². The van der Waals surface area contributed by atoms with Crippen molar-refractivity contribution in [2.45, 2.75) is 25.1 Å². The van der Waals surface area contributed by atoms with Gasteiger partial charge in [0.1, 0.15) is 18.3 Å².